The molecule has 1 saturated heterocycles. The van der Waals surface area contributed by atoms with E-state index in [2.05, 4.69) is 5.32 Å². The van der Waals surface area contributed by atoms with Gasteiger partial charge in [-0.1, -0.05) is 41.9 Å². The monoisotopic (exact) mass is 543 g/mol. The average Bonchev–Trinajstić information content (AvgIpc) is 3.45. The molecule has 37 heavy (non-hydrogen) atoms. The summed E-state index contributed by atoms with van der Waals surface area (Å²) in [4.78, 5) is 36.4. The second kappa shape index (κ2) is 11.1. The number of nitro benzene ring substituents is 1. The molecule has 0 radical (unpaired) electrons. The lowest BCUT2D eigenvalue weighted by Gasteiger charge is -2.19. The zero-order valence-corrected chi connectivity index (χ0v) is 20.9. The molecule has 3 aromatic carbocycles. The van der Waals surface area contributed by atoms with Gasteiger partial charge in [0, 0.05) is 30.8 Å². The number of carbonyl (C=O) groups is 2. The van der Waals surface area contributed by atoms with Crippen molar-refractivity contribution in [2.45, 2.75) is 23.8 Å². The zero-order valence-electron chi connectivity index (χ0n) is 19.4. The van der Waals surface area contributed by atoms with E-state index in [-0.39, 0.29) is 26.9 Å². The van der Waals surface area contributed by atoms with Crippen molar-refractivity contribution in [1.82, 2.24) is 4.31 Å². The number of rotatable bonds is 8. The van der Waals surface area contributed by atoms with Crippen LogP contribution in [0.3, 0.4) is 0 Å². The van der Waals surface area contributed by atoms with Gasteiger partial charge in [-0.05, 0) is 43.2 Å². The van der Waals surface area contributed by atoms with Crippen LogP contribution < -0.4 is 5.32 Å². The highest BCUT2D eigenvalue weighted by Gasteiger charge is 2.29. The number of anilines is 1. The summed E-state index contributed by atoms with van der Waals surface area (Å²) in [5.41, 5.74) is 0.289. The minimum atomic E-state index is -3.65. The van der Waals surface area contributed by atoms with E-state index in [1.54, 1.807) is 30.3 Å². The first kappa shape index (κ1) is 26.3. The lowest BCUT2D eigenvalue weighted by Crippen LogP contribution is -2.28. The maximum atomic E-state index is 13.1. The average molecular weight is 544 g/mol. The minimum Gasteiger partial charge on any atom is -0.444 e. The van der Waals surface area contributed by atoms with Gasteiger partial charge in [0.15, 0.2) is 0 Å². The van der Waals surface area contributed by atoms with E-state index in [1.165, 1.54) is 40.7 Å². The van der Waals surface area contributed by atoms with Crippen LogP contribution in [0.5, 0.6) is 0 Å². The van der Waals surface area contributed by atoms with Crippen molar-refractivity contribution in [3.05, 3.63) is 99.1 Å². The van der Waals surface area contributed by atoms with Crippen LogP contribution in [0.2, 0.25) is 5.02 Å². The standard InChI is InChI=1S/C25H22ClN3O7S/c26-21-16-19(29(32)33)10-13-22(21)27-24(30)23(17-6-2-1-3-7-17)36-25(31)18-8-11-20(12-9-18)37(34,35)28-14-4-5-15-28/h1-3,6-13,16,23H,4-5,14-15H2,(H,27,30)/t23-/m0/s1. The summed E-state index contributed by atoms with van der Waals surface area (Å²) in [7, 11) is -3.65. The van der Waals surface area contributed by atoms with E-state index in [0.717, 1.165) is 18.9 Å². The molecule has 1 aliphatic heterocycles. The fraction of sp³-hybridized carbons (Fsp3) is 0.200. The van der Waals surface area contributed by atoms with E-state index in [9.17, 15) is 28.1 Å². The van der Waals surface area contributed by atoms with Crippen LogP contribution in [0.15, 0.2) is 77.7 Å². The maximum absolute atomic E-state index is 13.1. The predicted octanol–water partition coefficient (Wildman–Crippen LogP) is 4.57. The molecule has 0 aromatic heterocycles. The van der Waals surface area contributed by atoms with Crippen molar-refractivity contribution in [3.8, 4) is 0 Å². The first-order valence-electron chi connectivity index (χ1n) is 11.3. The van der Waals surface area contributed by atoms with Crippen LogP contribution in [0.25, 0.3) is 0 Å². The highest BCUT2D eigenvalue weighted by molar-refractivity contribution is 7.89. The number of carbonyl (C=O) groups excluding carboxylic acids is 2. The van der Waals surface area contributed by atoms with Crippen molar-refractivity contribution >= 4 is 44.9 Å². The Morgan fingerprint density at radius 1 is 1.00 bits per heavy atom. The fourth-order valence-corrected chi connectivity index (χ4v) is 5.57. The Morgan fingerprint density at radius 2 is 1.65 bits per heavy atom. The highest BCUT2D eigenvalue weighted by Crippen LogP contribution is 2.29. The number of amides is 1. The molecule has 4 rings (SSSR count). The number of nitro groups is 1. The molecule has 0 unspecified atom stereocenters. The molecule has 1 amide bonds. The molecule has 1 N–H and O–H groups in total. The Kier molecular flexibility index (Phi) is 7.86. The molecule has 12 heteroatoms. The van der Waals surface area contributed by atoms with Crippen LogP contribution in [-0.2, 0) is 19.6 Å². The third-order valence-electron chi connectivity index (χ3n) is 5.78. The SMILES string of the molecule is O=C(O[C@H](C(=O)Nc1ccc([N+](=O)[O-])cc1Cl)c1ccccc1)c1ccc(S(=O)(=O)N2CCCC2)cc1. The van der Waals surface area contributed by atoms with Gasteiger partial charge in [-0.15, -0.1) is 0 Å². The van der Waals surface area contributed by atoms with Gasteiger partial charge in [0.05, 0.1) is 26.1 Å². The first-order valence-corrected chi connectivity index (χ1v) is 13.1. The van der Waals surface area contributed by atoms with Crippen LogP contribution in [0.1, 0.15) is 34.9 Å². The van der Waals surface area contributed by atoms with Crippen LogP contribution in [-0.4, -0.2) is 42.6 Å². The van der Waals surface area contributed by atoms with Crippen LogP contribution in [0.4, 0.5) is 11.4 Å². The summed E-state index contributed by atoms with van der Waals surface area (Å²) in [6.45, 7) is 0.914. The molecule has 0 aliphatic carbocycles. The van der Waals surface area contributed by atoms with Crippen molar-refractivity contribution in [2.24, 2.45) is 0 Å². The Balaban J connectivity index is 1.54. The molecule has 10 nitrogen and oxygen atoms in total. The molecule has 3 aromatic rings. The third-order valence-corrected chi connectivity index (χ3v) is 8.01. The highest BCUT2D eigenvalue weighted by atomic mass is 35.5. The van der Waals surface area contributed by atoms with E-state index in [1.807, 2.05) is 0 Å². The van der Waals surface area contributed by atoms with Gasteiger partial charge in [0.25, 0.3) is 11.6 Å². The lowest BCUT2D eigenvalue weighted by atomic mass is 10.1. The normalized spacial score (nSPS) is 14.6. The summed E-state index contributed by atoms with van der Waals surface area (Å²) in [6, 6.07) is 17.1. The quantitative estimate of drug-likeness (QED) is 0.249. The second-order valence-electron chi connectivity index (χ2n) is 8.24. The molecule has 1 heterocycles. The van der Waals surface area contributed by atoms with Gasteiger partial charge >= 0.3 is 5.97 Å². The summed E-state index contributed by atoms with van der Waals surface area (Å²) in [5, 5.41) is 13.4. The molecular formula is C25H22ClN3O7S. The maximum Gasteiger partial charge on any atom is 0.339 e. The number of benzene rings is 3. The number of hydrogen-bond acceptors (Lipinski definition) is 7. The molecule has 0 spiro atoms. The molecule has 1 aliphatic rings. The molecule has 1 atom stereocenters. The van der Waals surface area contributed by atoms with Crippen molar-refractivity contribution in [3.63, 3.8) is 0 Å². The van der Waals surface area contributed by atoms with Crippen molar-refractivity contribution in [2.75, 3.05) is 18.4 Å². The number of nitrogens with one attached hydrogen (secondary N) is 1. The predicted molar refractivity (Wildman–Crippen MR) is 136 cm³/mol. The van der Waals surface area contributed by atoms with E-state index < -0.39 is 32.9 Å². The van der Waals surface area contributed by atoms with E-state index >= 15 is 0 Å². The largest absolute Gasteiger partial charge is 0.444 e. The van der Waals surface area contributed by atoms with E-state index in [0.29, 0.717) is 18.7 Å². The lowest BCUT2D eigenvalue weighted by molar-refractivity contribution is -0.384. The number of nitrogens with zero attached hydrogens (tertiary/aromatic N) is 2. The number of ether oxygens (including phenoxy) is 1. The van der Waals surface area contributed by atoms with Crippen LogP contribution in [0, 0.1) is 10.1 Å². The fourth-order valence-electron chi connectivity index (χ4n) is 3.83. The summed E-state index contributed by atoms with van der Waals surface area (Å²) < 4.78 is 32.4. The van der Waals surface area contributed by atoms with Crippen molar-refractivity contribution < 1.29 is 27.7 Å². The number of sulfonamides is 1. The Morgan fingerprint density at radius 3 is 2.24 bits per heavy atom. The molecule has 192 valence electrons. The van der Waals surface area contributed by atoms with Crippen molar-refractivity contribution in [1.29, 1.82) is 0 Å². The summed E-state index contributed by atoms with van der Waals surface area (Å²) >= 11 is 6.09. The molecule has 1 fully saturated rings. The van der Waals surface area contributed by atoms with Gasteiger partial charge < -0.3 is 10.1 Å². The zero-order chi connectivity index (χ0) is 26.6. The van der Waals surface area contributed by atoms with Gasteiger partial charge in [0.1, 0.15) is 0 Å². The number of hydrogen-bond donors (Lipinski definition) is 1. The Labute approximate surface area is 218 Å². The molecule has 0 saturated carbocycles. The Bertz CT molecular complexity index is 1420. The van der Waals surface area contributed by atoms with Crippen LogP contribution >= 0.6 is 11.6 Å². The number of esters is 1. The summed E-state index contributed by atoms with van der Waals surface area (Å²) in [6.07, 6.45) is 0.225. The molecule has 0 bridgehead atoms. The minimum absolute atomic E-state index is 0.0578. The van der Waals surface area contributed by atoms with Gasteiger partial charge in [-0.25, -0.2) is 13.2 Å². The van der Waals surface area contributed by atoms with E-state index in [4.69, 9.17) is 16.3 Å². The second-order valence-corrected chi connectivity index (χ2v) is 10.6. The van der Waals surface area contributed by atoms with Gasteiger partial charge in [-0.3, -0.25) is 14.9 Å². The number of non-ortho nitro benzene ring substituents is 1. The number of halogens is 1. The summed E-state index contributed by atoms with van der Waals surface area (Å²) in [5.74, 6) is -1.58. The third kappa shape index (κ3) is 5.96. The van der Waals surface area contributed by atoms with Gasteiger partial charge in [0.2, 0.25) is 16.1 Å². The molecular weight excluding hydrogens is 522 g/mol. The topological polar surface area (TPSA) is 136 Å². The Hall–Kier alpha value is -3.80. The smallest absolute Gasteiger partial charge is 0.339 e. The first-order chi connectivity index (χ1) is 17.7. The van der Waals surface area contributed by atoms with Gasteiger partial charge in [-0.2, -0.15) is 4.31 Å².